The molecule has 0 radical (unpaired) electrons. The normalized spacial score (nSPS) is 16.3. The molecule has 1 aliphatic heterocycles. The summed E-state index contributed by atoms with van der Waals surface area (Å²) < 4.78 is 61.3. The standard InChI is InChI=1S/C44H46ClFN6O6S/c1-43(2)14-12-30(37(24-43)29-6-8-32(45)9-7-29)26-48-18-19-49-33-10-11-36(40(23-33)58-39-5-3-4-38-35(39)13-17-50-38)41(53)52-59(54,55)34-22-31(25-47)42(51-27-34)57-28-44(46)15-20-56-21-16-44/h3-11,13,17,22-23,27,48-50H,12,14-16,18-21,24,26,28H2,1-2H3,(H,52,53). The number of ether oxygens (including phenoxy) is 3. The number of aromatic nitrogens is 2. The van der Waals surface area contributed by atoms with Crippen LogP contribution in [-0.2, 0) is 14.8 Å². The first-order chi connectivity index (χ1) is 28.3. The van der Waals surface area contributed by atoms with Gasteiger partial charge in [0.2, 0.25) is 5.88 Å². The number of sulfonamides is 1. The number of hydrogen-bond donors (Lipinski definition) is 4. The second-order valence-corrected chi connectivity index (χ2v) is 17.8. The molecule has 2 aromatic heterocycles. The van der Waals surface area contributed by atoms with Crippen molar-refractivity contribution in [1.29, 1.82) is 5.26 Å². The van der Waals surface area contributed by atoms with E-state index in [1.165, 1.54) is 22.8 Å². The number of anilines is 1. The third kappa shape index (κ3) is 10.2. The Labute approximate surface area is 348 Å². The minimum atomic E-state index is -4.54. The number of amides is 1. The van der Waals surface area contributed by atoms with Crippen LogP contribution in [0.2, 0.25) is 5.02 Å². The Balaban J connectivity index is 1.05. The van der Waals surface area contributed by atoms with Crippen molar-refractivity contribution in [2.45, 2.75) is 56.5 Å². The summed E-state index contributed by atoms with van der Waals surface area (Å²) in [5, 5.41) is 18.2. The number of carbonyl (C=O) groups excluding carboxylic acids is 1. The number of benzene rings is 3. The molecule has 0 spiro atoms. The van der Waals surface area contributed by atoms with Crippen LogP contribution in [0.25, 0.3) is 16.5 Å². The van der Waals surface area contributed by atoms with E-state index in [4.69, 9.17) is 25.8 Å². The summed E-state index contributed by atoms with van der Waals surface area (Å²) in [6.07, 6.45) is 6.07. The van der Waals surface area contributed by atoms with E-state index >= 15 is 4.39 Å². The number of halogens is 2. The van der Waals surface area contributed by atoms with Crippen molar-refractivity contribution < 1.29 is 31.8 Å². The molecular weight excluding hydrogens is 795 g/mol. The number of pyridine rings is 1. The molecule has 0 unspecified atom stereocenters. The van der Waals surface area contributed by atoms with Gasteiger partial charge in [-0.15, -0.1) is 0 Å². The summed E-state index contributed by atoms with van der Waals surface area (Å²) in [6, 6.07) is 23.0. The molecule has 0 bridgehead atoms. The molecule has 3 aromatic carbocycles. The molecule has 3 heterocycles. The maximum Gasteiger partial charge on any atom is 0.268 e. The van der Waals surface area contributed by atoms with Crippen LogP contribution in [0, 0.1) is 16.7 Å². The maximum atomic E-state index is 15.1. The fourth-order valence-corrected chi connectivity index (χ4v) is 8.34. The predicted molar refractivity (Wildman–Crippen MR) is 225 cm³/mol. The fourth-order valence-electron chi connectivity index (χ4n) is 7.28. The lowest BCUT2D eigenvalue weighted by Gasteiger charge is -2.34. The summed E-state index contributed by atoms with van der Waals surface area (Å²) in [6.45, 7) is 6.66. The molecule has 1 fully saturated rings. The number of allylic oxidation sites excluding steroid dienone is 1. The Morgan fingerprint density at radius 3 is 2.61 bits per heavy atom. The van der Waals surface area contributed by atoms with Crippen LogP contribution in [0.3, 0.4) is 0 Å². The van der Waals surface area contributed by atoms with Gasteiger partial charge in [-0.05, 0) is 84.3 Å². The SMILES string of the molecule is CC1(C)CCC(CNCCNc2ccc(C(=O)NS(=O)(=O)c3cnc(OCC4(F)CCOCC4)c(C#N)c3)c(Oc3cccc4[nH]ccc34)c2)=C(c2ccc(Cl)cc2)C1. The highest BCUT2D eigenvalue weighted by molar-refractivity contribution is 7.90. The Kier molecular flexibility index (Phi) is 12.6. The van der Waals surface area contributed by atoms with Crippen molar-refractivity contribution in [3.63, 3.8) is 0 Å². The van der Waals surface area contributed by atoms with Gasteiger partial charge in [0.15, 0.2) is 0 Å². The monoisotopic (exact) mass is 840 g/mol. The van der Waals surface area contributed by atoms with Crippen molar-refractivity contribution in [3.8, 4) is 23.4 Å². The molecule has 1 saturated heterocycles. The smallest absolute Gasteiger partial charge is 0.268 e. The largest absolute Gasteiger partial charge is 0.473 e. The summed E-state index contributed by atoms with van der Waals surface area (Å²) in [4.78, 5) is 20.4. The van der Waals surface area contributed by atoms with E-state index in [0.29, 0.717) is 29.5 Å². The Morgan fingerprint density at radius 2 is 1.83 bits per heavy atom. The molecule has 0 atom stereocenters. The average Bonchev–Trinajstić information content (AvgIpc) is 3.71. The third-order valence-electron chi connectivity index (χ3n) is 10.7. The van der Waals surface area contributed by atoms with Crippen molar-refractivity contribution >= 4 is 49.7 Å². The molecule has 308 valence electrons. The van der Waals surface area contributed by atoms with Crippen molar-refractivity contribution in [2.24, 2.45) is 5.41 Å². The summed E-state index contributed by atoms with van der Waals surface area (Å²) in [7, 11) is -4.54. The third-order valence-corrected chi connectivity index (χ3v) is 12.2. The second-order valence-electron chi connectivity index (χ2n) is 15.7. The zero-order valence-electron chi connectivity index (χ0n) is 32.9. The van der Waals surface area contributed by atoms with Crippen LogP contribution in [0.4, 0.5) is 10.1 Å². The number of carbonyl (C=O) groups is 1. The number of aromatic amines is 1. The van der Waals surface area contributed by atoms with E-state index in [1.807, 2.05) is 30.3 Å². The quantitative estimate of drug-likeness (QED) is 0.0750. The molecule has 4 N–H and O–H groups in total. The highest BCUT2D eigenvalue weighted by Gasteiger charge is 2.34. The molecule has 5 aromatic rings. The predicted octanol–water partition coefficient (Wildman–Crippen LogP) is 8.56. The van der Waals surface area contributed by atoms with Gasteiger partial charge in [0.25, 0.3) is 15.9 Å². The number of hydrogen-bond acceptors (Lipinski definition) is 10. The minimum Gasteiger partial charge on any atom is -0.473 e. The minimum absolute atomic E-state index is 0.0511. The van der Waals surface area contributed by atoms with Crippen LogP contribution in [0.1, 0.15) is 67.4 Å². The topological polar surface area (TPSA) is 167 Å². The Hall–Kier alpha value is -5.46. The lowest BCUT2D eigenvalue weighted by atomic mass is 9.72. The number of nitriles is 1. The van der Waals surface area contributed by atoms with Crippen LogP contribution < -0.4 is 24.8 Å². The van der Waals surface area contributed by atoms with Crippen molar-refractivity contribution in [3.05, 3.63) is 112 Å². The number of nitrogens with one attached hydrogen (secondary N) is 4. The molecule has 59 heavy (non-hydrogen) atoms. The van der Waals surface area contributed by atoms with Crippen LogP contribution in [0.15, 0.2) is 95.7 Å². The van der Waals surface area contributed by atoms with Crippen molar-refractivity contribution in [2.75, 3.05) is 44.8 Å². The summed E-state index contributed by atoms with van der Waals surface area (Å²) in [5.74, 6) is -0.617. The van der Waals surface area contributed by atoms with Gasteiger partial charge >= 0.3 is 0 Å². The molecule has 1 amide bonds. The first-order valence-electron chi connectivity index (χ1n) is 19.5. The van der Waals surface area contributed by atoms with Gasteiger partial charge in [0.05, 0.1) is 11.8 Å². The van der Waals surface area contributed by atoms with Gasteiger partial charge in [-0.3, -0.25) is 4.79 Å². The lowest BCUT2D eigenvalue weighted by molar-refractivity contribution is -0.0331. The lowest BCUT2D eigenvalue weighted by Crippen LogP contribution is -2.37. The van der Waals surface area contributed by atoms with Gasteiger partial charge in [-0.2, -0.15) is 5.26 Å². The molecule has 15 heteroatoms. The molecular formula is C44H46ClFN6O6S. The zero-order chi connectivity index (χ0) is 41.6. The van der Waals surface area contributed by atoms with Gasteiger partial charge in [-0.25, -0.2) is 22.5 Å². The van der Waals surface area contributed by atoms with Crippen LogP contribution >= 0.6 is 11.6 Å². The van der Waals surface area contributed by atoms with E-state index in [1.54, 1.807) is 30.5 Å². The summed E-state index contributed by atoms with van der Waals surface area (Å²) in [5.41, 5.74) is 3.68. The first kappa shape index (κ1) is 41.7. The fraction of sp³-hybridized carbons (Fsp3) is 0.341. The van der Waals surface area contributed by atoms with Gasteiger partial charge in [0, 0.05) is 79.6 Å². The Morgan fingerprint density at radius 1 is 1.03 bits per heavy atom. The summed E-state index contributed by atoms with van der Waals surface area (Å²) >= 11 is 6.18. The number of rotatable bonds is 15. The van der Waals surface area contributed by atoms with Crippen LogP contribution in [-0.4, -0.2) is 69.4 Å². The second kappa shape index (κ2) is 17.8. The highest BCUT2D eigenvalue weighted by atomic mass is 35.5. The van der Waals surface area contributed by atoms with E-state index in [2.05, 4.69) is 51.3 Å². The molecule has 1 aliphatic carbocycles. The molecule has 0 saturated carbocycles. The van der Waals surface area contributed by atoms with E-state index in [0.717, 1.165) is 49.0 Å². The number of fused-ring (bicyclic) bond motifs is 1. The van der Waals surface area contributed by atoms with E-state index in [-0.39, 0.29) is 60.8 Å². The molecule has 2 aliphatic rings. The van der Waals surface area contributed by atoms with E-state index in [9.17, 15) is 18.5 Å². The van der Waals surface area contributed by atoms with Gasteiger partial charge in [-0.1, -0.05) is 49.2 Å². The first-order valence-corrected chi connectivity index (χ1v) is 21.3. The van der Waals surface area contributed by atoms with E-state index < -0.39 is 26.5 Å². The molecule has 7 rings (SSSR count). The van der Waals surface area contributed by atoms with Gasteiger partial charge < -0.3 is 29.8 Å². The number of nitrogens with zero attached hydrogens (tertiary/aromatic N) is 2. The number of H-pyrrole nitrogens is 1. The maximum absolute atomic E-state index is 15.1. The molecule has 12 nitrogen and oxygen atoms in total. The van der Waals surface area contributed by atoms with Crippen LogP contribution in [0.5, 0.6) is 17.4 Å². The van der Waals surface area contributed by atoms with Crippen molar-refractivity contribution in [1.82, 2.24) is 20.0 Å². The highest BCUT2D eigenvalue weighted by Crippen LogP contribution is 2.43. The average molecular weight is 841 g/mol. The zero-order valence-corrected chi connectivity index (χ0v) is 34.4. The van der Waals surface area contributed by atoms with Gasteiger partial charge in [0.1, 0.15) is 40.3 Å². The Bertz CT molecular complexity index is 2510. The number of alkyl halides is 1.